The molecule has 0 aliphatic heterocycles. The van der Waals surface area contributed by atoms with E-state index in [1.807, 2.05) is 0 Å². The van der Waals surface area contributed by atoms with Crippen molar-refractivity contribution in [2.45, 2.75) is 25.7 Å². The fourth-order valence-electron chi connectivity index (χ4n) is 1.61. The Hall–Kier alpha value is -1.25. The average molecular weight is 166 g/mol. The number of hydrogen-bond donors (Lipinski definition) is 1. The van der Waals surface area contributed by atoms with Gasteiger partial charge >= 0.3 is 5.63 Å². The molecule has 1 aromatic rings. The number of rotatable bonds is 0. The Kier molecular flexibility index (Phi) is 1.64. The van der Waals surface area contributed by atoms with E-state index in [9.17, 15) is 9.90 Å². The highest BCUT2D eigenvalue weighted by Crippen LogP contribution is 2.26. The summed E-state index contributed by atoms with van der Waals surface area (Å²) in [6, 6.07) is 1.14. The van der Waals surface area contributed by atoms with Crippen LogP contribution in [0.3, 0.4) is 0 Å². The van der Waals surface area contributed by atoms with E-state index in [2.05, 4.69) is 0 Å². The number of fused-ring (bicyclic) bond motifs is 1. The van der Waals surface area contributed by atoms with Gasteiger partial charge in [-0.2, -0.15) is 0 Å². The minimum Gasteiger partial charge on any atom is -0.507 e. The lowest BCUT2D eigenvalue weighted by atomic mass is 9.97. The maximum Gasteiger partial charge on any atom is 0.339 e. The van der Waals surface area contributed by atoms with Crippen LogP contribution in [0.2, 0.25) is 0 Å². The summed E-state index contributed by atoms with van der Waals surface area (Å²) in [4.78, 5) is 10.8. The normalized spacial score (nSPS) is 15.7. The van der Waals surface area contributed by atoms with Gasteiger partial charge in [-0.25, -0.2) is 4.79 Å². The van der Waals surface area contributed by atoms with Crippen LogP contribution in [0.15, 0.2) is 15.3 Å². The van der Waals surface area contributed by atoms with Crippen molar-refractivity contribution < 1.29 is 9.52 Å². The van der Waals surface area contributed by atoms with E-state index >= 15 is 0 Å². The summed E-state index contributed by atoms with van der Waals surface area (Å²) in [7, 11) is 0. The molecule has 1 N–H and O–H groups in total. The number of hydrogen-bond acceptors (Lipinski definition) is 3. The molecule has 64 valence electrons. The van der Waals surface area contributed by atoms with Crippen molar-refractivity contribution in [3.8, 4) is 5.75 Å². The van der Waals surface area contributed by atoms with Crippen molar-refractivity contribution in [3.05, 3.63) is 27.8 Å². The molecule has 1 aliphatic rings. The molecule has 1 aromatic heterocycles. The Labute approximate surface area is 69.6 Å². The lowest BCUT2D eigenvalue weighted by Crippen LogP contribution is -2.08. The van der Waals surface area contributed by atoms with Crippen LogP contribution < -0.4 is 5.63 Å². The van der Waals surface area contributed by atoms with Crippen LogP contribution in [0, 0.1) is 0 Å². The molecule has 1 aliphatic carbocycles. The first-order valence-corrected chi connectivity index (χ1v) is 4.12. The third-order valence-corrected chi connectivity index (χ3v) is 2.20. The van der Waals surface area contributed by atoms with Gasteiger partial charge in [-0.3, -0.25) is 0 Å². The number of aryl methyl sites for hydroxylation is 1. The van der Waals surface area contributed by atoms with Gasteiger partial charge in [0.2, 0.25) is 0 Å². The maximum absolute atomic E-state index is 10.8. The molecular formula is C9H10O3. The van der Waals surface area contributed by atoms with Gasteiger partial charge < -0.3 is 9.52 Å². The molecular weight excluding hydrogens is 156 g/mol. The van der Waals surface area contributed by atoms with E-state index < -0.39 is 5.63 Å². The van der Waals surface area contributed by atoms with Crippen LogP contribution in [0.1, 0.15) is 24.2 Å². The second kappa shape index (κ2) is 2.66. The van der Waals surface area contributed by atoms with Gasteiger partial charge in [0.1, 0.15) is 11.5 Å². The highest BCUT2D eigenvalue weighted by molar-refractivity contribution is 5.34. The predicted molar refractivity (Wildman–Crippen MR) is 43.3 cm³/mol. The summed E-state index contributed by atoms with van der Waals surface area (Å²) >= 11 is 0. The summed E-state index contributed by atoms with van der Waals surface area (Å²) < 4.78 is 4.96. The molecule has 12 heavy (non-hydrogen) atoms. The molecule has 0 radical (unpaired) electrons. The predicted octanol–water partition coefficient (Wildman–Crippen LogP) is 1.22. The molecule has 3 nitrogen and oxygen atoms in total. The van der Waals surface area contributed by atoms with Crippen LogP contribution in [0.5, 0.6) is 5.75 Å². The van der Waals surface area contributed by atoms with Crippen LogP contribution in [0.4, 0.5) is 0 Å². The molecule has 0 fully saturated rings. The Bertz CT molecular complexity index is 351. The Balaban J connectivity index is 2.60. The highest BCUT2D eigenvalue weighted by Gasteiger charge is 2.15. The Morgan fingerprint density at radius 2 is 2.08 bits per heavy atom. The van der Waals surface area contributed by atoms with Crippen LogP contribution in [0.25, 0.3) is 0 Å². The Morgan fingerprint density at radius 3 is 2.92 bits per heavy atom. The lowest BCUT2D eigenvalue weighted by Gasteiger charge is -2.13. The van der Waals surface area contributed by atoms with Gasteiger partial charge in [-0.15, -0.1) is 0 Å². The van der Waals surface area contributed by atoms with Gasteiger partial charge in [0.25, 0.3) is 0 Å². The van der Waals surface area contributed by atoms with Crippen molar-refractivity contribution >= 4 is 0 Å². The third-order valence-electron chi connectivity index (χ3n) is 2.20. The second-order valence-corrected chi connectivity index (χ2v) is 3.06. The third kappa shape index (κ3) is 1.11. The Morgan fingerprint density at radius 1 is 1.33 bits per heavy atom. The molecule has 1 heterocycles. The SMILES string of the molecule is O=c1cc(O)c2c(o1)CCCC2. The first-order chi connectivity index (χ1) is 5.77. The minimum atomic E-state index is -0.451. The number of aromatic hydroxyl groups is 1. The molecule has 2 rings (SSSR count). The van der Waals surface area contributed by atoms with Crippen molar-refractivity contribution in [1.29, 1.82) is 0 Å². The summed E-state index contributed by atoms with van der Waals surface area (Å²) in [5, 5.41) is 9.38. The van der Waals surface area contributed by atoms with E-state index in [1.165, 1.54) is 0 Å². The zero-order chi connectivity index (χ0) is 8.55. The van der Waals surface area contributed by atoms with Crippen LogP contribution in [-0.2, 0) is 12.8 Å². The molecule has 3 heteroatoms. The van der Waals surface area contributed by atoms with E-state index in [1.54, 1.807) is 0 Å². The monoisotopic (exact) mass is 166 g/mol. The van der Waals surface area contributed by atoms with E-state index in [0.717, 1.165) is 37.3 Å². The first-order valence-electron chi connectivity index (χ1n) is 4.12. The van der Waals surface area contributed by atoms with Gasteiger partial charge in [0.15, 0.2) is 0 Å². The van der Waals surface area contributed by atoms with E-state index in [-0.39, 0.29) is 5.75 Å². The molecule has 0 saturated carbocycles. The van der Waals surface area contributed by atoms with Crippen molar-refractivity contribution in [2.24, 2.45) is 0 Å². The largest absolute Gasteiger partial charge is 0.507 e. The smallest absolute Gasteiger partial charge is 0.339 e. The molecule has 0 amide bonds. The van der Waals surface area contributed by atoms with Gasteiger partial charge in [0.05, 0.1) is 6.07 Å². The fourth-order valence-corrected chi connectivity index (χ4v) is 1.61. The summed E-state index contributed by atoms with van der Waals surface area (Å²) in [6.45, 7) is 0. The zero-order valence-corrected chi connectivity index (χ0v) is 6.67. The first kappa shape index (κ1) is 7.40. The summed E-state index contributed by atoms with van der Waals surface area (Å²) in [5.74, 6) is 0.771. The zero-order valence-electron chi connectivity index (χ0n) is 6.67. The summed E-state index contributed by atoms with van der Waals surface area (Å²) in [6.07, 6.45) is 3.71. The fraction of sp³-hybridized carbons (Fsp3) is 0.444. The molecule has 0 unspecified atom stereocenters. The van der Waals surface area contributed by atoms with Crippen LogP contribution in [-0.4, -0.2) is 5.11 Å². The standard InChI is InChI=1S/C9H10O3/c10-7-5-9(11)12-8-4-2-1-3-6(7)8/h5,10H,1-4H2. The lowest BCUT2D eigenvalue weighted by molar-refractivity contribution is 0.393. The minimum absolute atomic E-state index is 0.0981. The van der Waals surface area contributed by atoms with Crippen molar-refractivity contribution in [2.75, 3.05) is 0 Å². The molecule has 0 aromatic carbocycles. The summed E-state index contributed by atoms with van der Waals surface area (Å²) in [5.41, 5.74) is 0.369. The van der Waals surface area contributed by atoms with E-state index in [0.29, 0.717) is 5.76 Å². The van der Waals surface area contributed by atoms with Crippen molar-refractivity contribution in [3.63, 3.8) is 0 Å². The highest BCUT2D eigenvalue weighted by atomic mass is 16.4. The quantitative estimate of drug-likeness (QED) is 0.630. The topological polar surface area (TPSA) is 50.4 Å². The molecule has 0 spiro atoms. The van der Waals surface area contributed by atoms with Gasteiger partial charge in [-0.05, 0) is 19.3 Å². The average Bonchev–Trinajstić information content (AvgIpc) is 2.04. The molecule has 0 bridgehead atoms. The van der Waals surface area contributed by atoms with Gasteiger partial charge in [0, 0.05) is 12.0 Å². The van der Waals surface area contributed by atoms with Crippen molar-refractivity contribution in [1.82, 2.24) is 0 Å². The maximum atomic E-state index is 10.8. The molecule has 0 saturated heterocycles. The van der Waals surface area contributed by atoms with Gasteiger partial charge in [-0.1, -0.05) is 0 Å². The second-order valence-electron chi connectivity index (χ2n) is 3.06. The molecule has 0 atom stereocenters. The van der Waals surface area contributed by atoms with E-state index in [4.69, 9.17) is 4.42 Å². The van der Waals surface area contributed by atoms with Crippen LogP contribution >= 0.6 is 0 Å².